The second-order valence-corrected chi connectivity index (χ2v) is 4.79. The van der Waals surface area contributed by atoms with Crippen LogP contribution in [0, 0.1) is 21.3 Å². The molecule has 0 aliphatic rings. The van der Waals surface area contributed by atoms with Crippen molar-refractivity contribution in [1.82, 2.24) is 5.32 Å². The summed E-state index contributed by atoms with van der Waals surface area (Å²) in [5.41, 5.74) is -2.23. The Bertz CT molecular complexity index is 571. The fourth-order valence-electron chi connectivity index (χ4n) is 1.32. The molecule has 0 atom stereocenters. The molecule has 0 saturated carbocycles. The van der Waals surface area contributed by atoms with E-state index in [9.17, 15) is 24.1 Å². The maximum absolute atomic E-state index is 13.1. The lowest BCUT2D eigenvalue weighted by Crippen LogP contribution is -2.39. The lowest BCUT2D eigenvalue weighted by atomic mass is 9.94. The molecule has 1 amide bonds. The Morgan fingerprint density at radius 3 is 2.55 bits per heavy atom. The van der Waals surface area contributed by atoms with E-state index in [0.29, 0.717) is 0 Å². The van der Waals surface area contributed by atoms with Crippen molar-refractivity contribution in [3.8, 4) is 0 Å². The Balaban J connectivity index is 2.96. The number of amides is 1. The summed E-state index contributed by atoms with van der Waals surface area (Å²) in [5, 5.41) is 21.9. The van der Waals surface area contributed by atoms with Crippen molar-refractivity contribution in [3.63, 3.8) is 0 Å². The third-order valence-corrected chi connectivity index (χ3v) is 2.67. The highest BCUT2D eigenvalue weighted by atomic mass is 19.1. The van der Waals surface area contributed by atoms with Crippen LogP contribution >= 0.6 is 0 Å². The maximum Gasteiger partial charge on any atom is 0.310 e. The first-order valence-corrected chi connectivity index (χ1v) is 5.60. The minimum atomic E-state index is -1.24. The molecule has 0 radical (unpaired) electrons. The van der Waals surface area contributed by atoms with Crippen LogP contribution < -0.4 is 5.32 Å². The fourth-order valence-corrected chi connectivity index (χ4v) is 1.32. The molecule has 0 bridgehead atoms. The third-order valence-electron chi connectivity index (χ3n) is 2.67. The molecular weight excluding hydrogens is 271 g/mol. The van der Waals surface area contributed by atoms with Gasteiger partial charge in [0.1, 0.15) is 11.4 Å². The Kier molecular flexibility index (Phi) is 4.38. The molecule has 0 heterocycles. The predicted octanol–water partition coefficient (Wildman–Crippen LogP) is 1.57. The molecular formula is C12H13FN2O5. The summed E-state index contributed by atoms with van der Waals surface area (Å²) in [7, 11) is 0. The van der Waals surface area contributed by atoms with Crippen LogP contribution in [0.1, 0.15) is 24.2 Å². The first kappa shape index (κ1) is 15.5. The molecule has 0 unspecified atom stereocenters. The SMILES string of the molecule is CC(C)(CNC(=O)c1cc(F)ccc1[N+](=O)[O-])C(=O)O. The first-order valence-electron chi connectivity index (χ1n) is 5.60. The van der Waals surface area contributed by atoms with Crippen molar-refractivity contribution in [2.24, 2.45) is 5.41 Å². The topological polar surface area (TPSA) is 110 Å². The number of hydrogen-bond acceptors (Lipinski definition) is 4. The Labute approximate surface area is 113 Å². The molecule has 1 aromatic rings. The summed E-state index contributed by atoms with van der Waals surface area (Å²) >= 11 is 0. The fraction of sp³-hybridized carbons (Fsp3) is 0.333. The molecule has 0 aliphatic heterocycles. The summed E-state index contributed by atoms with van der Waals surface area (Å²) < 4.78 is 13.1. The number of carboxylic acid groups (broad SMARTS) is 1. The molecule has 2 N–H and O–H groups in total. The van der Waals surface area contributed by atoms with Gasteiger partial charge in [-0.3, -0.25) is 19.7 Å². The Morgan fingerprint density at radius 2 is 2.05 bits per heavy atom. The van der Waals surface area contributed by atoms with Gasteiger partial charge >= 0.3 is 5.97 Å². The summed E-state index contributed by atoms with van der Waals surface area (Å²) in [6, 6.07) is 2.49. The van der Waals surface area contributed by atoms with Crippen LogP contribution in [0.15, 0.2) is 18.2 Å². The zero-order chi connectivity index (χ0) is 15.5. The molecule has 0 fully saturated rings. The van der Waals surface area contributed by atoms with Gasteiger partial charge in [-0.05, 0) is 26.0 Å². The predicted molar refractivity (Wildman–Crippen MR) is 66.8 cm³/mol. The molecule has 8 heteroatoms. The van der Waals surface area contributed by atoms with Crippen molar-refractivity contribution in [2.75, 3.05) is 6.54 Å². The van der Waals surface area contributed by atoms with E-state index in [-0.39, 0.29) is 6.54 Å². The number of nitro benzene ring substituents is 1. The van der Waals surface area contributed by atoms with E-state index in [4.69, 9.17) is 5.11 Å². The number of hydrogen-bond donors (Lipinski definition) is 2. The quantitative estimate of drug-likeness (QED) is 0.630. The smallest absolute Gasteiger partial charge is 0.310 e. The van der Waals surface area contributed by atoms with E-state index in [1.54, 1.807) is 0 Å². The number of nitrogens with zero attached hydrogens (tertiary/aromatic N) is 1. The van der Waals surface area contributed by atoms with Crippen molar-refractivity contribution in [2.45, 2.75) is 13.8 Å². The van der Waals surface area contributed by atoms with Gasteiger partial charge in [-0.25, -0.2) is 4.39 Å². The molecule has 0 aromatic heterocycles. The third kappa shape index (κ3) is 3.50. The van der Waals surface area contributed by atoms with Crippen molar-refractivity contribution < 1.29 is 24.0 Å². The van der Waals surface area contributed by atoms with Crippen LogP contribution in [0.5, 0.6) is 0 Å². The van der Waals surface area contributed by atoms with Gasteiger partial charge in [0.05, 0.1) is 10.3 Å². The summed E-state index contributed by atoms with van der Waals surface area (Å²) in [4.78, 5) is 32.6. The maximum atomic E-state index is 13.1. The molecule has 1 rings (SSSR count). The number of carboxylic acids is 1. The van der Waals surface area contributed by atoms with Gasteiger partial charge in [0.2, 0.25) is 0 Å². The van der Waals surface area contributed by atoms with E-state index in [2.05, 4.69) is 5.32 Å². The lowest BCUT2D eigenvalue weighted by Gasteiger charge is -2.19. The lowest BCUT2D eigenvalue weighted by molar-refractivity contribution is -0.385. The highest BCUT2D eigenvalue weighted by molar-refractivity contribution is 5.98. The molecule has 0 saturated heterocycles. The van der Waals surface area contributed by atoms with Crippen LogP contribution in [0.25, 0.3) is 0 Å². The highest BCUT2D eigenvalue weighted by Crippen LogP contribution is 2.20. The zero-order valence-electron chi connectivity index (χ0n) is 10.8. The number of aliphatic carboxylic acids is 1. The Hall–Kier alpha value is -2.51. The number of rotatable bonds is 5. The number of benzene rings is 1. The highest BCUT2D eigenvalue weighted by Gasteiger charge is 2.29. The van der Waals surface area contributed by atoms with E-state index < -0.39 is 39.3 Å². The summed E-state index contributed by atoms with van der Waals surface area (Å²) in [5.74, 6) is -2.82. The van der Waals surface area contributed by atoms with Crippen molar-refractivity contribution >= 4 is 17.6 Å². The van der Waals surface area contributed by atoms with Crippen molar-refractivity contribution in [1.29, 1.82) is 0 Å². The van der Waals surface area contributed by atoms with Gasteiger partial charge < -0.3 is 10.4 Å². The second-order valence-electron chi connectivity index (χ2n) is 4.79. The number of carbonyl (C=O) groups excluding carboxylic acids is 1. The number of halogens is 1. The number of nitro groups is 1. The first-order chi connectivity index (χ1) is 9.15. The van der Waals surface area contributed by atoms with Gasteiger partial charge in [0, 0.05) is 12.6 Å². The van der Waals surface area contributed by atoms with Crippen LogP contribution in [0.3, 0.4) is 0 Å². The average molecular weight is 284 g/mol. The van der Waals surface area contributed by atoms with Crippen LogP contribution in [0.4, 0.5) is 10.1 Å². The summed E-state index contributed by atoms with van der Waals surface area (Å²) in [6.07, 6.45) is 0. The number of nitrogens with one attached hydrogen (secondary N) is 1. The molecule has 7 nitrogen and oxygen atoms in total. The van der Waals surface area contributed by atoms with Gasteiger partial charge in [0.15, 0.2) is 0 Å². The van der Waals surface area contributed by atoms with Crippen LogP contribution in [-0.2, 0) is 4.79 Å². The van der Waals surface area contributed by atoms with E-state index >= 15 is 0 Å². The minimum Gasteiger partial charge on any atom is -0.481 e. The van der Waals surface area contributed by atoms with E-state index in [1.165, 1.54) is 13.8 Å². The van der Waals surface area contributed by atoms with E-state index in [1.807, 2.05) is 0 Å². The normalized spacial score (nSPS) is 10.9. The van der Waals surface area contributed by atoms with E-state index in [0.717, 1.165) is 18.2 Å². The molecule has 20 heavy (non-hydrogen) atoms. The summed E-state index contributed by atoms with van der Waals surface area (Å²) in [6.45, 7) is 2.53. The Morgan fingerprint density at radius 1 is 1.45 bits per heavy atom. The van der Waals surface area contributed by atoms with Crippen LogP contribution in [-0.4, -0.2) is 28.5 Å². The van der Waals surface area contributed by atoms with Gasteiger partial charge in [0.25, 0.3) is 11.6 Å². The zero-order valence-corrected chi connectivity index (χ0v) is 10.8. The second kappa shape index (κ2) is 5.64. The molecule has 108 valence electrons. The van der Waals surface area contributed by atoms with Gasteiger partial charge in [-0.2, -0.15) is 0 Å². The molecule has 0 aliphatic carbocycles. The largest absolute Gasteiger partial charge is 0.481 e. The van der Waals surface area contributed by atoms with Gasteiger partial charge in [-0.15, -0.1) is 0 Å². The standard InChI is InChI=1S/C12H13FN2O5/c1-12(2,11(17)18)6-14-10(16)8-5-7(13)3-4-9(8)15(19)20/h3-5H,6H2,1-2H3,(H,14,16)(H,17,18). The molecule has 0 spiro atoms. The monoisotopic (exact) mass is 284 g/mol. The van der Waals surface area contributed by atoms with Crippen molar-refractivity contribution in [3.05, 3.63) is 39.7 Å². The molecule has 1 aromatic carbocycles. The minimum absolute atomic E-state index is 0.241. The van der Waals surface area contributed by atoms with Gasteiger partial charge in [-0.1, -0.05) is 0 Å². The average Bonchev–Trinajstić information content (AvgIpc) is 2.35. The van der Waals surface area contributed by atoms with Crippen LogP contribution in [0.2, 0.25) is 0 Å². The number of carbonyl (C=O) groups is 2.